The molecule has 2 aromatic carbocycles. The number of para-hydroxylation sites is 2. The summed E-state index contributed by atoms with van der Waals surface area (Å²) in [6.07, 6.45) is 5.90. The van der Waals surface area contributed by atoms with Gasteiger partial charge in [-0.1, -0.05) is 57.9 Å². The Hall–Kier alpha value is -4.42. The Balaban J connectivity index is 1.85. The van der Waals surface area contributed by atoms with Gasteiger partial charge in [0, 0.05) is 18.8 Å². The van der Waals surface area contributed by atoms with Gasteiger partial charge in [-0.3, -0.25) is 9.97 Å². The van der Waals surface area contributed by atoms with E-state index in [1.165, 1.54) is 0 Å². The summed E-state index contributed by atoms with van der Waals surface area (Å²) in [5.41, 5.74) is 3.82. The number of hydrogen-bond acceptors (Lipinski definition) is 7. The Labute approximate surface area is 250 Å². The fourth-order valence-electron chi connectivity index (χ4n) is 4.21. The summed E-state index contributed by atoms with van der Waals surface area (Å²) in [4.78, 5) is 14.3. The van der Waals surface area contributed by atoms with Crippen LogP contribution < -0.4 is 14.2 Å². The third-order valence-corrected chi connectivity index (χ3v) is 7.66. The van der Waals surface area contributed by atoms with Crippen LogP contribution in [0.2, 0.25) is 0 Å². The van der Waals surface area contributed by atoms with Gasteiger partial charge in [0.05, 0.1) is 29.6 Å². The lowest BCUT2D eigenvalue weighted by atomic mass is 9.87. The van der Waals surface area contributed by atoms with E-state index in [4.69, 9.17) is 19.2 Å². The third kappa shape index (κ3) is 7.45. The number of nitrogens with one attached hydrogen (secondary N) is 1. The number of nitrogens with zero attached hydrogens (tertiary/aromatic N) is 3. The van der Waals surface area contributed by atoms with Crippen molar-refractivity contribution in [2.24, 2.45) is 4.99 Å². The molecule has 1 atom stereocenters. The predicted octanol–water partition coefficient (Wildman–Crippen LogP) is 6.35. The fourth-order valence-corrected chi connectivity index (χ4v) is 5.10. The molecule has 1 aromatic heterocycles. The van der Waals surface area contributed by atoms with Crippen molar-refractivity contribution in [1.29, 1.82) is 0 Å². The van der Waals surface area contributed by atoms with Crippen molar-refractivity contribution in [2.75, 3.05) is 13.7 Å². The molecule has 1 aliphatic heterocycles. The number of aliphatic imine (C=N–C) groups is 1. The Morgan fingerprint density at radius 3 is 2.40 bits per heavy atom. The SMILES string of the molecule is CC#CCOC1=NC(c2cnccn2)=C(CC)CC(NS(=O)c2ccc(C(C)(C)C)cc2)=C1Oc1ccccc1OC. The molecule has 8 nitrogen and oxygen atoms in total. The lowest BCUT2D eigenvalue weighted by Crippen LogP contribution is -2.25. The van der Waals surface area contributed by atoms with Crippen LogP contribution in [-0.2, 0) is 21.1 Å². The zero-order valence-corrected chi connectivity index (χ0v) is 25.7. The first-order valence-electron chi connectivity index (χ1n) is 13.7. The van der Waals surface area contributed by atoms with Gasteiger partial charge in [0.2, 0.25) is 5.76 Å². The van der Waals surface area contributed by atoms with Gasteiger partial charge in [0.15, 0.2) is 18.1 Å². The van der Waals surface area contributed by atoms with E-state index in [9.17, 15) is 4.21 Å². The number of benzene rings is 2. The van der Waals surface area contributed by atoms with E-state index in [-0.39, 0.29) is 23.7 Å². The number of ether oxygens (including phenoxy) is 3. The van der Waals surface area contributed by atoms with E-state index in [0.717, 1.165) is 11.1 Å². The van der Waals surface area contributed by atoms with Gasteiger partial charge in [-0.25, -0.2) is 9.20 Å². The van der Waals surface area contributed by atoms with E-state index in [1.807, 2.05) is 43.3 Å². The monoisotopic (exact) mass is 584 g/mol. The molecule has 3 aromatic rings. The maximum atomic E-state index is 13.8. The molecule has 0 saturated heterocycles. The molecule has 2 heterocycles. The van der Waals surface area contributed by atoms with Crippen LogP contribution in [0.15, 0.2) is 94.0 Å². The highest BCUT2D eigenvalue weighted by Crippen LogP contribution is 2.34. The summed E-state index contributed by atoms with van der Waals surface area (Å²) in [7, 11) is -0.0389. The standard InChI is InChI=1S/C33H36N4O4S/c1-7-9-20-40-32-31(41-29-13-11-10-12-28(29)39-6)26(21-23(8-2)30(36-32)27-22-34-18-19-35-27)37-42(38)25-16-14-24(15-17-25)33(3,4)5/h10-19,22,37H,8,20-21H2,1-6H3. The van der Waals surface area contributed by atoms with Gasteiger partial charge >= 0.3 is 0 Å². The summed E-state index contributed by atoms with van der Waals surface area (Å²) < 4.78 is 35.1. The van der Waals surface area contributed by atoms with Crippen LogP contribution in [0.4, 0.5) is 0 Å². The highest BCUT2D eigenvalue weighted by Gasteiger charge is 2.28. The Kier molecular flexibility index (Phi) is 10.2. The van der Waals surface area contributed by atoms with Crippen LogP contribution in [0.25, 0.3) is 5.70 Å². The van der Waals surface area contributed by atoms with Crippen molar-refractivity contribution < 1.29 is 18.4 Å². The topological polar surface area (TPSA) is 94.9 Å². The number of allylic oxidation sites excluding steroid dienone is 1. The summed E-state index contributed by atoms with van der Waals surface area (Å²) in [6, 6.07) is 15.1. The molecule has 0 fully saturated rings. The number of rotatable bonds is 9. The quantitative estimate of drug-likeness (QED) is 0.295. The molecule has 1 aliphatic rings. The highest BCUT2D eigenvalue weighted by molar-refractivity contribution is 7.83. The van der Waals surface area contributed by atoms with Crippen molar-refractivity contribution in [2.45, 2.75) is 57.8 Å². The molecule has 0 radical (unpaired) electrons. The van der Waals surface area contributed by atoms with E-state index in [0.29, 0.717) is 46.3 Å². The van der Waals surface area contributed by atoms with Gasteiger partial charge in [-0.15, -0.1) is 5.92 Å². The number of hydrogen-bond donors (Lipinski definition) is 1. The minimum atomic E-state index is -1.61. The second-order valence-corrected chi connectivity index (χ2v) is 11.6. The summed E-state index contributed by atoms with van der Waals surface area (Å²) in [5.74, 6) is 7.20. The van der Waals surface area contributed by atoms with Crippen molar-refractivity contribution in [1.82, 2.24) is 14.7 Å². The first-order valence-corrected chi connectivity index (χ1v) is 14.8. The first kappa shape index (κ1) is 30.5. The first-order chi connectivity index (χ1) is 20.2. The molecular formula is C33H36N4O4S. The smallest absolute Gasteiger partial charge is 0.261 e. The van der Waals surface area contributed by atoms with Crippen LogP contribution in [0.5, 0.6) is 11.5 Å². The van der Waals surface area contributed by atoms with Crippen molar-refractivity contribution in [3.8, 4) is 23.3 Å². The summed E-state index contributed by atoms with van der Waals surface area (Å²) in [5, 5.41) is 0. The molecule has 1 N–H and O–H groups in total. The molecule has 4 rings (SSSR count). The molecular weight excluding hydrogens is 548 g/mol. The largest absolute Gasteiger partial charge is 0.493 e. The van der Waals surface area contributed by atoms with Crippen LogP contribution in [0.1, 0.15) is 58.7 Å². The molecule has 0 bridgehead atoms. The maximum Gasteiger partial charge on any atom is 0.261 e. The molecule has 1 unspecified atom stereocenters. The van der Waals surface area contributed by atoms with Gasteiger partial charge < -0.3 is 18.9 Å². The zero-order valence-electron chi connectivity index (χ0n) is 24.9. The molecule has 9 heteroatoms. The average Bonchev–Trinajstić information content (AvgIpc) is 3.14. The Morgan fingerprint density at radius 2 is 1.79 bits per heavy atom. The van der Waals surface area contributed by atoms with Gasteiger partial charge in [-0.2, -0.15) is 0 Å². The minimum absolute atomic E-state index is 0.0192. The van der Waals surface area contributed by atoms with Crippen molar-refractivity contribution in [3.63, 3.8) is 0 Å². The Bertz CT molecular complexity index is 1580. The Morgan fingerprint density at radius 1 is 1.05 bits per heavy atom. The lowest BCUT2D eigenvalue weighted by Gasteiger charge is -2.20. The normalized spacial score (nSPS) is 14.3. The van der Waals surface area contributed by atoms with E-state index >= 15 is 0 Å². The van der Waals surface area contributed by atoms with Gasteiger partial charge in [0.1, 0.15) is 16.7 Å². The molecule has 0 saturated carbocycles. The van der Waals surface area contributed by atoms with E-state index in [1.54, 1.807) is 44.8 Å². The number of methoxy groups -OCH3 is 1. The van der Waals surface area contributed by atoms with Crippen molar-refractivity contribution >= 4 is 22.6 Å². The van der Waals surface area contributed by atoms with Crippen LogP contribution in [-0.4, -0.2) is 33.8 Å². The fraction of sp³-hybridized carbons (Fsp3) is 0.303. The predicted molar refractivity (Wildman–Crippen MR) is 166 cm³/mol. The second kappa shape index (κ2) is 14.0. The van der Waals surface area contributed by atoms with Crippen LogP contribution in [0, 0.1) is 11.8 Å². The molecule has 0 aliphatic carbocycles. The molecule has 0 spiro atoms. The third-order valence-electron chi connectivity index (χ3n) is 6.53. The van der Waals surface area contributed by atoms with Crippen molar-refractivity contribution in [3.05, 3.63) is 95.4 Å². The maximum absolute atomic E-state index is 13.8. The molecule has 0 amide bonds. The van der Waals surface area contributed by atoms with Crippen LogP contribution >= 0.6 is 0 Å². The minimum Gasteiger partial charge on any atom is -0.493 e. The van der Waals surface area contributed by atoms with Gasteiger partial charge in [0.25, 0.3) is 5.90 Å². The highest BCUT2D eigenvalue weighted by atomic mass is 32.2. The summed E-state index contributed by atoms with van der Waals surface area (Å²) in [6.45, 7) is 10.3. The van der Waals surface area contributed by atoms with E-state index < -0.39 is 11.0 Å². The number of aromatic nitrogens is 2. The zero-order chi connectivity index (χ0) is 30.1. The second-order valence-electron chi connectivity index (χ2n) is 10.4. The van der Waals surface area contributed by atoms with Gasteiger partial charge in [-0.05, 0) is 54.2 Å². The van der Waals surface area contributed by atoms with E-state index in [2.05, 4.69) is 47.3 Å². The average molecular weight is 585 g/mol. The van der Waals surface area contributed by atoms with Crippen LogP contribution in [0.3, 0.4) is 0 Å². The molecule has 42 heavy (non-hydrogen) atoms. The lowest BCUT2D eigenvalue weighted by molar-refractivity contribution is 0.319. The molecule has 218 valence electrons. The summed E-state index contributed by atoms with van der Waals surface area (Å²) >= 11 is 0.